The van der Waals surface area contributed by atoms with Gasteiger partial charge in [-0.15, -0.1) is 0 Å². The Morgan fingerprint density at radius 3 is 2.92 bits per heavy atom. The van der Waals surface area contributed by atoms with E-state index in [1.807, 2.05) is 12.1 Å². The lowest BCUT2D eigenvalue weighted by Crippen LogP contribution is -1.87. The molecule has 6 heteroatoms. The van der Waals surface area contributed by atoms with Crippen LogP contribution in [0.2, 0.25) is 0 Å². The van der Waals surface area contributed by atoms with Gasteiger partial charge in [-0.25, -0.2) is 0 Å². The summed E-state index contributed by atoms with van der Waals surface area (Å²) >= 11 is 4.53. The van der Waals surface area contributed by atoms with Crippen LogP contribution in [0.1, 0.15) is 0 Å². The highest BCUT2D eigenvalue weighted by Gasteiger charge is 2.08. The summed E-state index contributed by atoms with van der Waals surface area (Å²) in [5, 5.41) is 0.451. The predicted octanol–water partition coefficient (Wildman–Crippen LogP) is 1.94. The Balaban J connectivity index is 2.52. The van der Waals surface area contributed by atoms with E-state index < -0.39 is 0 Å². The summed E-state index contributed by atoms with van der Waals surface area (Å²) in [5.74, 6) is 0.565. The van der Waals surface area contributed by atoms with Gasteiger partial charge in [0.2, 0.25) is 0 Å². The zero-order chi connectivity index (χ0) is 9.26. The van der Waals surface area contributed by atoms with Gasteiger partial charge >= 0.3 is 0 Å². The average Bonchev–Trinajstić information content (AvgIpc) is 2.53. The van der Waals surface area contributed by atoms with E-state index in [2.05, 4.69) is 30.3 Å². The summed E-state index contributed by atoms with van der Waals surface area (Å²) in [5.41, 5.74) is 6.19. The molecule has 0 aromatic carbocycles. The Hall–Kier alpha value is -1.01. The highest BCUT2D eigenvalue weighted by Crippen LogP contribution is 2.24. The number of pyridine rings is 1. The van der Waals surface area contributed by atoms with Gasteiger partial charge in [-0.3, -0.25) is 4.98 Å². The Kier molecular flexibility index (Phi) is 2.24. The van der Waals surface area contributed by atoms with E-state index in [1.165, 1.54) is 0 Å². The van der Waals surface area contributed by atoms with Gasteiger partial charge in [-0.1, -0.05) is 0 Å². The second-order valence-electron chi connectivity index (χ2n) is 2.29. The third kappa shape index (κ3) is 1.68. The first-order valence-corrected chi connectivity index (χ1v) is 5.04. The maximum atomic E-state index is 5.47. The fourth-order valence-corrected chi connectivity index (χ4v) is 1.75. The molecule has 0 bridgehead atoms. The minimum absolute atomic E-state index is 0.451. The number of nitrogen functional groups attached to an aromatic ring is 1. The van der Waals surface area contributed by atoms with E-state index in [1.54, 1.807) is 6.20 Å². The topological polar surface area (TPSA) is 64.7 Å². The second kappa shape index (κ2) is 3.39. The molecule has 0 spiro atoms. The first-order valence-electron chi connectivity index (χ1n) is 3.47. The van der Waals surface area contributed by atoms with Crippen molar-refractivity contribution in [2.45, 2.75) is 0 Å². The number of nitrogens with zero attached hydrogens (tertiary/aromatic N) is 3. The monoisotopic (exact) mass is 256 g/mol. The molecule has 0 saturated heterocycles. The van der Waals surface area contributed by atoms with Crippen LogP contribution in [0.15, 0.2) is 22.8 Å². The molecule has 0 fully saturated rings. The molecule has 2 heterocycles. The van der Waals surface area contributed by atoms with Gasteiger partial charge in [0, 0.05) is 22.2 Å². The van der Waals surface area contributed by atoms with Crippen molar-refractivity contribution in [3.63, 3.8) is 0 Å². The summed E-state index contributed by atoms with van der Waals surface area (Å²) in [6.07, 6.45) is 1.69. The molecule has 2 rings (SSSR count). The van der Waals surface area contributed by atoms with Crippen LogP contribution in [0.25, 0.3) is 11.5 Å². The summed E-state index contributed by atoms with van der Waals surface area (Å²) in [6.45, 7) is 0. The van der Waals surface area contributed by atoms with Crippen molar-refractivity contribution in [3.05, 3.63) is 22.8 Å². The molecular formula is C7H5BrN4S. The molecule has 0 aliphatic heterocycles. The number of halogens is 1. The van der Waals surface area contributed by atoms with E-state index in [0.717, 1.165) is 21.7 Å². The SMILES string of the molecule is Nc1nc(-c2ncccc2Br)ns1. The average molecular weight is 257 g/mol. The quantitative estimate of drug-likeness (QED) is 0.847. The van der Waals surface area contributed by atoms with Crippen LogP contribution in [0.3, 0.4) is 0 Å². The number of hydrogen-bond acceptors (Lipinski definition) is 5. The lowest BCUT2D eigenvalue weighted by molar-refractivity contribution is 1.22. The van der Waals surface area contributed by atoms with Gasteiger partial charge in [-0.2, -0.15) is 9.36 Å². The van der Waals surface area contributed by atoms with Crippen molar-refractivity contribution >= 4 is 32.6 Å². The molecule has 66 valence electrons. The molecule has 0 aliphatic rings. The van der Waals surface area contributed by atoms with Gasteiger partial charge in [-0.05, 0) is 28.1 Å². The normalized spacial score (nSPS) is 10.2. The van der Waals surface area contributed by atoms with Crippen molar-refractivity contribution < 1.29 is 0 Å². The molecule has 0 radical (unpaired) electrons. The summed E-state index contributed by atoms with van der Waals surface area (Å²) in [7, 11) is 0. The largest absolute Gasteiger partial charge is 0.374 e. The first kappa shape index (κ1) is 8.58. The highest BCUT2D eigenvalue weighted by molar-refractivity contribution is 9.10. The molecule has 2 aromatic heterocycles. The van der Waals surface area contributed by atoms with Crippen LogP contribution in [-0.2, 0) is 0 Å². The molecule has 13 heavy (non-hydrogen) atoms. The smallest absolute Gasteiger partial charge is 0.200 e. The van der Waals surface area contributed by atoms with Gasteiger partial charge in [0.15, 0.2) is 11.0 Å². The number of hydrogen-bond donors (Lipinski definition) is 1. The van der Waals surface area contributed by atoms with Gasteiger partial charge in [0.05, 0.1) is 0 Å². The fourth-order valence-electron chi connectivity index (χ4n) is 0.882. The zero-order valence-electron chi connectivity index (χ0n) is 6.44. The molecule has 0 atom stereocenters. The lowest BCUT2D eigenvalue weighted by atomic mass is 10.3. The van der Waals surface area contributed by atoms with E-state index in [9.17, 15) is 0 Å². The van der Waals surface area contributed by atoms with Crippen molar-refractivity contribution in [1.82, 2.24) is 14.3 Å². The molecule has 0 saturated carbocycles. The summed E-state index contributed by atoms with van der Waals surface area (Å²) in [4.78, 5) is 8.18. The Morgan fingerprint density at radius 1 is 1.46 bits per heavy atom. The van der Waals surface area contributed by atoms with Crippen LogP contribution in [-0.4, -0.2) is 14.3 Å². The molecule has 0 unspecified atom stereocenters. The molecule has 0 amide bonds. The second-order valence-corrected chi connectivity index (χ2v) is 3.93. The third-order valence-electron chi connectivity index (χ3n) is 1.41. The molecular weight excluding hydrogens is 252 g/mol. The van der Waals surface area contributed by atoms with Crippen LogP contribution >= 0.6 is 27.5 Å². The maximum Gasteiger partial charge on any atom is 0.200 e. The van der Waals surface area contributed by atoms with E-state index >= 15 is 0 Å². The van der Waals surface area contributed by atoms with E-state index in [-0.39, 0.29) is 0 Å². The van der Waals surface area contributed by atoms with Crippen molar-refractivity contribution in [2.24, 2.45) is 0 Å². The fraction of sp³-hybridized carbons (Fsp3) is 0. The highest BCUT2D eigenvalue weighted by atomic mass is 79.9. The Morgan fingerprint density at radius 2 is 2.31 bits per heavy atom. The number of anilines is 1. The van der Waals surface area contributed by atoms with Crippen LogP contribution < -0.4 is 5.73 Å². The minimum atomic E-state index is 0.451. The number of aromatic nitrogens is 3. The number of rotatable bonds is 1. The third-order valence-corrected chi connectivity index (χ3v) is 2.59. The standard InChI is InChI=1S/C7H5BrN4S/c8-4-2-1-3-10-5(4)6-11-7(9)13-12-6/h1-3H,(H2,9,11,12). The van der Waals surface area contributed by atoms with Gasteiger partial charge in [0.1, 0.15) is 5.69 Å². The molecule has 0 aliphatic carbocycles. The van der Waals surface area contributed by atoms with Crippen molar-refractivity contribution in [1.29, 1.82) is 0 Å². The van der Waals surface area contributed by atoms with Crippen LogP contribution in [0.4, 0.5) is 5.13 Å². The van der Waals surface area contributed by atoms with Gasteiger partial charge < -0.3 is 5.73 Å². The zero-order valence-corrected chi connectivity index (χ0v) is 8.84. The summed E-state index contributed by atoms with van der Waals surface area (Å²) < 4.78 is 4.93. The molecule has 4 nitrogen and oxygen atoms in total. The van der Waals surface area contributed by atoms with Crippen LogP contribution in [0, 0.1) is 0 Å². The summed E-state index contributed by atoms with van der Waals surface area (Å²) in [6, 6.07) is 3.73. The molecule has 2 N–H and O–H groups in total. The first-order chi connectivity index (χ1) is 6.27. The van der Waals surface area contributed by atoms with E-state index in [0.29, 0.717) is 11.0 Å². The molecule has 2 aromatic rings. The van der Waals surface area contributed by atoms with Crippen molar-refractivity contribution in [3.8, 4) is 11.5 Å². The number of nitrogens with two attached hydrogens (primary N) is 1. The predicted molar refractivity (Wildman–Crippen MR) is 55.3 cm³/mol. The lowest BCUT2D eigenvalue weighted by Gasteiger charge is -1.95. The Bertz CT molecular complexity index is 428. The van der Waals surface area contributed by atoms with Gasteiger partial charge in [0.25, 0.3) is 0 Å². The Labute approximate surface area is 87.1 Å². The maximum absolute atomic E-state index is 5.47. The minimum Gasteiger partial charge on any atom is -0.374 e. The van der Waals surface area contributed by atoms with E-state index in [4.69, 9.17) is 5.73 Å². The van der Waals surface area contributed by atoms with Crippen LogP contribution in [0.5, 0.6) is 0 Å². The van der Waals surface area contributed by atoms with Crippen molar-refractivity contribution in [2.75, 3.05) is 5.73 Å².